The molecule has 0 saturated carbocycles. The molecular formula is C24H19F2N3O4S3. The number of benzene rings is 2. The lowest BCUT2D eigenvalue weighted by Crippen LogP contribution is -2.46. The third kappa shape index (κ3) is 6.15. The number of anilines is 1. The third-order valence-electron chi connectivity index (χ3n) is 5.10. The summed E-state index contributed by atoms with van der Waals surface area (Å²) in [5.74, 6) is -3.23. The van der Waals surface area contributed by atoms with Crippen molar-refractivity contribution >= 4 is 63.3 Å². The van der Waals surface area contributed by atoms with Crippen LogP contribution >= 0.6 is 35.3 Å². The molecule has 0 aliphatic carbocycles. The van der Waals surface area contributed by atoms with Gasteiger partial charge in [0.1, 0.15) is 0 Å². The topological polar surface area (TPSA) is 102 Å². The zero-order valence-corrected chi connectivity index (χ0v) is 20.9. The molecule has 1 amide bonds. The molecular weight excluding hydrogens is 528 g/mol. The lowest BCUT2D eigenvalue weighted by Gasteiger charge is -2.19. The lowest BCUT2D eigenvalue weighted by molar-refractivity contribution is -0.124. The normalized spacial score (nSPS) is 15.5. The van der Waals surface area contributed by atoms with E-state index in [-0.39, 0.29) is 28.9 Å². The molecule has 1 atom stereocenters. The number of thiophene rings is 1. The van der Waals surface area contributed by atoms with Crippen molar-refractivity contribution in [3.8, 4) is 11.1 Å². The second-order valence-electron chi connectivity index (χ2n) is 7.66. The van der Waals surface area contributed by atoms with E-state index < -0.39 is 23.7 Å². The Morgan fingerprint density at radius 3 is 2.53 bits per heavy atom. The van der Waals surface area contributed by atoms with Gasteiger partial charge >= 0.3 is 5.97 Å². The number of aliphatic hydroxyl groups excluding tert-OH is 1. The first-order valence-corrected chi connectivity index (χ1v) is 12.6. The first-order valence-electron chi connectivity index (χ1n) is 10.5. The number of halogens is 2. The van der Waals surface area contributed by atoms with Crippen molar-refractivity contribution in [2.45, 2.75) is 6.10 Å². The number of nitrogens with zero attached hydrogens (tertiary/aromatic N) is 1. The molecule has 186 valence electrons. The summed E-state index contributed by atoms with van der Waals surface area (Å²) in [5.41, 5.74) is 4.87. The van der Waals surface area contributed by atoms with E-state index in [4.69, 9.17) is 17.3 Å². The van der Waals surface area contributed by atoms with Gasteiger partial charge in [0.2, 0.25) is 0 Å². The van der Waals surface area contributed by atoms with Gasteiger partial charge in [0.05, 0.1) is 16.6 Å². The van der Waals surface area contributed by atoms with Crippen molar-refractivity contribution in [3.05, 3.63) is 80.9 Å². The number of aromatic carboxylic acids is 1. The van der Waals surface area contributed by atoms with Gasteiger partial charge in [-0.3, -0.25) is 4.79 Å². The summed E-state index contributed by atoms with van der Waals surface area (Å²) in [7, 11) is 0. The number of carboxylic acids is 1. The Balaban J connectivity index is 1.32. The van der Waals surface area contributed by atoms with Crippen LogP contribution in [0.5, 0.6) is 0 Å². The fourth-order valence-electron chi connectivity index (χ4n) is 3.22. The minimum absolute atomic E-state index is 0.0409. The number of carbonyl (C=O) groups excluding carboxylic acids is 1. The van der Waals surface area contributed by atoms with E-state index in [1.54, 1.807) is 29.7 Å². The van der Waals surface area contributed by atoms with Gasteiger partial charge in [-0.05, 0) is 65.0 Å². The van der Waals surface area contributed by atoms with Crippen LogP contribution in [0.4, 0.5) is 14.5 Å². The summed E-state index contributed by atoms with van der Waals surface area (Å²) in [5, 5.41) is 25.2. The number of rotatable bonds is 9. The maximum atomic E-state index is 13.5. The summed E-state index contributed by atoms with van der Waals surface area (Å²) in [6, 6.07) is 11.5. The van der Waals surface area contributed by atoms with Gasteiger partial charge in [-0.2, -0.15) is 0 Å². The summed E-state index contributed by atoms with van der Waals surface area (Å²) >= 11 is 7.75. The molecule has 0 bridgehead atoms. The number of carboxylic acid groups (broad SMARTS) is 1. The first-order chi connectivity index (χ1) is 17.2. The Hall–Kier alpha value is -3.16. The molecule has 2 aromatic carbocycles. The number of carbonyl (C=O) groups is 2. The van der Waals surface area contributed by atoms with Gasteiger partial charge < -0.3 is 15.5 Å². The van der Waals surface area contributed by atoms with Crippen molar-refractivity contribution in [2.24, 2.45) is 0 Å². The molecule has 4 N–H and O–H groups in total. The summed E-state index contributed by atoms with van der Waals surface area (Å²) < 4.78 is 27.0. The fourth-order valence-corrected chi connectivity index (χ4v) is 5.35. The molecule has 7 nitrogen and oxygen atoms in total. The average Bonchev–Trinajstić information content (AvgIpc) is 3.42. The number of thiocarbonyl (C=S) groups is 1. The van der Waals surface area contributed by atoms with Crippen LogP contribution in [0.2, 0.25) is 0 Å². The fraction of sp³-hybridized carbons (Fsp3) is 0.125. The maximum Gasteiger partial charge on any atom is 0.335 e. The van der Waals surface area contributed by atoms with Gasteiger partial charge in [0.25, 0.3) is 5.91 Å². The highest BCUT2D eigenvalue weighted by Gasteiger charge is 2.32. The zero-order valence-electron chi connectivity index (χ0n) is 18.4. The molecule has 1 fully saturated rings. The Morgan fingerprint density at radius 1 is 1.08 bits per heavy atom. The van der Waals surface area contributed by atoms with Gasteiger partial charge in [-0.1, -0.05) is 30.0 Å². The van der Waals surface area contributed by atoms with Gasteiger partial charge in [-0.25, -0.2) is 24.0 Å². The minimum atomic E-state index is -1.02. The quantitative estimate of drug-likeness (QED) is 0.228. The number of hydrogen-bond acceptors (Lipinski definition) is 8. The third-order valence-corrected chi connectivity index (χ3v) is 7.28. The smallest absolute Gasteiger partial charge is 0.335 e. The monoisotopic (exact) mass is 547 g/mol. The zero-order chi connectivity index (χ0) is 25.8. The Labute approximate surface area is 218 Å². The van der Waals surface area contributed by atoms with Crippen LogP contribution in [-0.4, -0.2) is 50.6 Å². The van der Waals surface area contributed by atoms with E-state index in [0.717, 1.165) is 28.8 Å². The second-order valence-corrected chi connectivity index (χ2v) is 10.3. The predicted molar refractivity (Wildman–Crippen MR) is 141 cm³/mol. The van der Waals surface area contributed by atoms with Crippen molar-refractivity contribution < 1.29 is 28.6 Å². The molecule has 3 aromatic rings. The molecule has 0 spiro atoms. The summed E-state index contributed by atoms with van der Waals surface area (Å²) in [6.07, 6.45) is 0.807. The molecule has 1 aromatic heterocycles. The van der Waals surface area contributed by atoms with E-state index in [2.05, 4.69) is 10.7 Å². The predicted octanol–water partition coefficient (Wildman–Crippen LogP) is 4.57. The van der Waals surface area contributed by atoms with Crippen LogP contribution in [0.1, 0.15) is 15.2 Å². The highest BCUT2D eigenvalue weighted by molar-refractivity contribution is 8.26. The van der Waals surface area contributed by atoms with E-state index in [1.807, 2.05) is 0 Å². The molecule has 1 saturated heterocycles. The van der Waals surface area contributed by atoms with Crippen LogP contribution < -0.4 is 10.7 Å². The standard InChI is InChI=1S/C24H19F2N3O4S3/c25-19-6-3-14(8-20(19)26)15-7-18(35-12-15)9-21-22(31)29(24(34)36-21)28-11-17(30)10-27-16-4-1-13(2-5-16)23(32)33/h1-9,12,17,27-28,30H,10-11H2,(H,32,33). The molecule has 2 heterocycles. The van der Waals surface area contributed by atoms with Crippen LogP contribution in [0.3, 0.4) is 0 Å². The van der Waals surface area contributed by atoms with E-state index in [1.165, 1.54) is 34.5 Å². The van der Waals surface area contributed by atoms with Crippen LogP contribution in [0.25, 0.3) is 17.2 Å². The number of thioether (sulfide) groups is 1. The molecule has 0 radical (unpaired) electrons. The van der Waals surface area contributed by atoms with E-state index >= 15 is 0 Å². The summed E-state index contributed by atoms with van der Waals surface area (Å²) in [6.45, 7) is 0.200. The number of nitrogens with one attached hydrogen (secondary N) is 2. The van der Waals surface area contributed by atoms with Crippen molar-refractivity contribution in [2.75, 3.05) is 18.4 Å². The van der Waals surface area contributed by atoms with Crippen LogP contribution in [-0.2, 0) is 4.79 Å². The second kappa shape index (κ2) is 11.3. The number of hydrazine groups is 1. The highest BCUT2D eigenvalue weighted by atomic mass is 32.2. The average molecular weight is 548 g/mol. The molecule has 1 aliphatic rings. The largest absolute Gasteiger partial charge is 0.478 e. The Bertz CT molecular complexity index is 1340. The van der Waals surface area contributed by atoms with Crippen LogP contribution in [0.15, 0.2) is 58.8 Å². The number of amides is 1. The maximum absolute atomic E-state index is 13.5. The lowest BCUT2D eigenvalue weighted by atomic mass is 10.1. The van der Waals surface area contributed by atoms with Crippen molar-refractivity contribution in [1.29, 1.82) is 0 Å². The minimum Gasteiger partial charge on any atom is -0.478 e. The highest BCUT2D eigenvalue weighted by Crippen LogP contribution is 2.34. The van der Waals surface area contributed by atoms with Crippen molar-refractivity contribution in [3.63, 3.8) is 0 Å². The SMILES string of the molecule is O=C(O)c1ccc(NCC(O)CNN2C(=O)C(=Cc3cc(-c4ccc(F)c(F)c4)cs3)SC2=S)cc1. The number of hydrogen-bond donors (Lipinski definition) is 4. The van der Waals surface area contributed by atoms with Gasteiger partial charge in [0.15, 0.2) is 16.0 Å². The first kappa shape index (κ1) is 25.9. The molecule has 36 heavy (non-hydrogen) atoms. The Morgan fingerprint density at radius 2 is 1.83 bits per heavy atom. The van der Waals surface area contributed by atoms with E-state index in [9.17, 15) is 23.5 Å². The van der Waals surface area contributed by atoms with Gasteiger partial charge in [0, 0.05) is 23.7 Å². The molecule has 1 unspecified atom stereocenters. The van der Waals surface area contributed by atoms with Crippen molar-refractivity contribution in [1.82, 2.24) is 10.4 Å². The number of aliphatic hydroxyl groups is 1. The van der Waals surface area contributed by atoms with Crippen LogP contribution in [0, 0.1) is 11.6 Å². The van der Waals surface area contributed by atoms with E-state index in [0.29, 0.717) is 21.7 Å². The van der Waals surface area contributed by atoms with Gasteiger partial charge in [-0.15, -0.1) is 11.3 Å². The molecule has 12 heteroatoms. The molecule has 1 aliphatic heterocycles. The summed E-state index contributed by atoms with van der Waals surface area (Å²) in [4.78, 5) is 24.9. The molecule has 4 rings (SSSR count). The Kier molecular flexibility index (Phi) is 8.11.